The minimum atomic E-state index is -0.670. The Morgan fingerprint density at radius 3 is 2.00 bits per heavy atom. The Labute approximate surface area is 99.4 Å². The van der Waals surface area contributed by atoms with Gasteiger partial charge in [-0.25, -0.2) is 0 Å². The molecule has 0 saturated heterocycles. The monoisotopic (exact) mass is 440 g/mol. The Kier molecular flexibility index (Phi) is 6.66. The quantitative estimate of drug-likeness (QED) is 0.369. The van der Waals surface area contributed by atoms with Crippen LogP contribution in [0.15, 0.2) is 0 Å². The Morgan fingerprint density at radius 2 is 1.62 bits per heavy atom. The van der Waals surface area contributed by atoms with Crippen LogP contribution in [0.2, 0.25) is 3.93 Å². The van der Waals surface area contributed by atoms with E-state index in [-0.39, 0.29) is 11.2 Å². The van der Waals surface area contributed by atoms with Crippen molar-refractivity contribution in [2.24, 2.45) is 0 Å². The fourth-order valence-corrected chi connectivity index (χ4v) is 7.06. The molecule has 0 amide bonds. The van der Waals surface area contributed by atoms with Gasteiger partial charge in [0.15, 0.2) is 0 Å². The second-order valence-corrected chi connectivity index (χ2v) is 16.0. The number of rotatable bonds is 5. The molecule has 0 aromatic rings. The topological polar surface area (TPSA) is 18.5 Å². The van der Waals surface area contributed by atoms with Crippen molar-refractivity contribution in [3.05, 3.63) is 0 Å². The van der Waals surface area contributed by atoms with Gasteiger partial charge >= 0.3 is 100.0 Å². The van der Waals surface area contributed by atoms with Gasteiger partial charge in [-0.05, 0) is 0 Å². The van der Waals surface area contributed by atoms with Gasteiger partial charge in [-0.1, -0.05) is 0 Å². The van der Waals surface area contributed by atoms with Gasteiger partial charge in [-0.15, -0.1) is 0 Å². The molecule has 0 aromatic heterocycles. The van der Waals surface area contributed by atoms with Crippen LogP contribution in [0.1, 0.15) is 41.0 Å². The molecule has 0 fully saturated rings. The fourth-order valence-electron chi connectivity index (χ4n) is 0.772. The van der Waals surface area contributed by atoms with E-state index in [0.29, 0.717) is 0 Å². The molecule has 0 atom stereocenters. The molecule has 0 aliphatic rings. The van der Waals surface area contributed by atoms with E-state index in [4.69, 9.17) is 9.78 Å². The first kappa shape index (κ1) is 14.3. The number of halogens is 1. The zero-order chi connectivity index (χ0) is 10.5. The number of hydrogen-bond acceptors (Lipinski definition) is 2. The molecule has 76 valence electrons. The molecule has 0 radical (unpaired) electrons. The summed E-state index contributed by atoms with van der Waals surface area (Å²) in [6.07, 6.45) is 1.09. The van der Waals surface area contributed by atoms with Crippen LogP contribution in [0, 0.1) is 0 Å². The molecule has 0 rings (SSSR count). The van der Waals surface area contributed by atoms with E-state index in [1.807, 2.05) is 20.8 Å². The predicted octanol–water partition coefficient (Wildman–Crippen LogP) is 3.71. The van der Waals surface area contributed by atoms with Crippen LogP contribution in [0.4, 0.5) is 0 Å². The molecule has 0 aliphatic heterocycles. The standard InChI is InChI=1S/C9H19O2.BrH.Hg/c1-7-9(5,6)11-10-8(2,3)4;;/h1,7H2,2-6H3;1H;/q;;+1/p-1. The van der Waals surface area contributed by atoms with Crippen molar-refractivity contribution in [2.45, 2.75) is 56.2 Å². The zero-order valence-electron chi connectivity index (χ0n) is 9.32. The van der Waals surface area contributed by atoms with E-state index in [0.717, 1.165) is 6.42 Å². The third-order valence-electron chi connectivity index (χ3n) is 1.43. The van der Waals surface area contributed by atoms with E-state index in [1.165, 1.54) is 3.93 Å². The van der Waals surface area contributed by atoms with Crippen LogP contribution < -0.4 is 0 Å². The van der Waals surface area contributed by atoms with Crippen molar-refractivity contribution in [1.29, 1.82) is 0 Å². The summed E-state index contributed by atoms with van der Waals surface area (Å²) in [5, 5.41) is 0. The first-order chi connectivity index (χ1) is 5.77. The number of hydrogen-bond donors (Lipinski definition) is 0. The van der Waals surface area contributed by atoms with E-state index in [9.17, 15) is 0 Å². The van der Waals surface area contributed by atoms with Crippen LogP contribution in [0.5, 0.6) is 0 Å². The molecule has 0 bridgehead atoms. The van der Waals surface area contributed by atoms with Crippen LogP contribution >= 0.6 is 11.9 Å². The van der Waals surface area contributed by atoms with E-state index in [2.05, 4.69) is 25.8 Å². The van der Waals surface area contributed by atoms with E-state index >= 15 is 0 Å². The van der Waals surface area contributed by atoms with E-state index in [1.54, 1.807) is 0 Å². The summed E-state index contributed by atoms with van der Waals surface area (Å²) < 4.78 is 1.32. The third kappa shape index (κ3) is 9.64. The molecule has 0 N–H and O–H groups in total. The van der Waals surface area contributed by atoms with Crippen LogP contribution in [-0.2, 0) is 31.9 Å². The Hall–Kier alpha value is 1.34. The summed E-state index contributed by atoms with van der Waals surface area (Å²) in [5.41, 5.74) is -0.350. The normalized spacial score (nSPS) is 12.8. The van der Waals surface area contributed by atoms with Gasteiger partial charge in [0, 0.05) is 0 Å². The van der Waals surface area contributed by atoms with Crippen molar-refractivity contribution in [2.75, 3.05) is 0 Å². The molecule has 0 spiro atoms. The maximum absolute atomic E-state index is 5.41. The van der Waals surface area contributed by atoms with Gasteiger partial charge in [0.1, 0.15) is 0 Å². The Bertz CT molecular complexity index is 143. The summed E-state index contributed by atoms with van der Waals surface area (Å²) >= 11 is 2.95. The molecular formula is C9H19BrHgO2. The summed E-state index contributed by atoms with van der Waals surface area (Å²) in [6, 6.07) is 0. The molecule has 0 saturated carbocycles. The minimum absolute atomic E-state index is 0.138. The average molecular weight is 440 g/mol. The summed E-state index contributed by atoms with van der Waals surface area (Å²) in [4.78, 5) is 10.7. The van der Waals surface area contributed by atoms with Gasteiger partial charge in [0.2, 0.25) is 0 Å². The Balaban J connectivity index is 3.75. The third-order valence-corrected chi connectivity index (χ3v) is 8.76. The molecule has 4 heteroatoms. The predicted molar refractivity (Wildman–Crippen MR) is 54.4 cm³/mol. The molecule has 13 heavy (non-hydrogen) atoms. The maximum atomic E-state index is 5.41. The van der Waals surface area contributed by atoms with Gasteiger partial charge in [0.25, 0.3) is 0 Å². The molecular weight excluding hydrogens is 421 g/mol. The first-order valence-corrected chi connectivity index (χ1v) is 20.5. The second-order valence-electron chi connectivity index (χ2n) is 4.83. The first-order valence-electron chi connectivity index (χ1n) is 4.70. The van der Waals surface area contributed by atoms with Crippen LogP contribution in [0.25, 0.3) is 0 Å². The average Bonchev–Trinajstić information content (AvgIpc) is 1.97. The van der Waals surface area contributed by atoms with Crippen molar-refractivity contribution in [3.63, 3.8) is 0 Å². The summed E-state index contributed by atoms with van der Waals surface area (Å²) in [7, 11) is 0. The summed E-state index contributed by atoms with van der Waals surface area (Å²) in [5.74, 6) is 0. The van der Waals surface area contributed by atoms with Gasteiger partial charge in [0.05, 0.1) is 0 Å². The van der Waals surface area contributed by atoms with Crippen molar-refractivity contribution in [1.82, 2.24) is 0 Å². The van der Waals surface area contributed by atoms with Gasteiger partial charge in [-0.3, -0.25) is 0 Å². The fraction of sp³-hybridized carbons (Fsp3) is 1.00. The van der Waals surface area contributed by atoms with Crippen molar-refractivity contribution < 1.29 is 31.9 Å². The van der Waals surface area contributed by atoms with Crippen LogP contribution in [-0.4, -0.2) is 11.2 Å². The second kappa shape index (κ2) is 6.04. The summed E-state index contributed by atoms with van der Waals surface area (Å²) in [6.45, 7) is 10.1. The zero-order valence-corrected chi connectivity index (χ0v) is 16.4. The van der Waals surface area contributed by atoms with E-state index < -0.39 is 22.1 Å². The van der Waals surface area contributed by atoms with Gasteiger partial charge in [-0.2, -0.15) is 0 Å². The van der Waals surface area contributed by atoms with Gasteiger partial charge < -0.3 is 0 Å². The Morgan fingerprint density at radius 1 is 1.08 bits per heavy atom. The van der Waals surface area contributed by atoms with Crippen molar-refractivity contribution >= 4 is 11.9 Å². The SMILES string of the molecule is CC(C)(C)OOC(C)(C)C[CH2][Hg][Br]. The van der Waals surface area contributed by atoms with Crippen LogP contribution in [0.3, 0.4) is 0 Å². The molecule has 0 aliphatic carbocycles. The molecule has 0 aromatic carbocycles. The molecule has 0 heterocycles. The molecule has 0 unspecified atom stereocenters. The van der Waals surface area contributed by atoms with Crippen molar-refractivity contribution in [3.8, 4) is 0 Å². The molecule has 2 nitrogen and oxygen atoms in total.